The van der Waals surface area contributed by atoms with Gasteiger partial charge in [0.2, 0.25) is 5.91 Å². The summed E-state index contributed by atoms with van der Waals surface area (Å²) in [5.41, 5.74) is 5.72. The van der Waals surface area contributed by atoms with Crippen LogP contribution in [0.15, 0.2) is 12.3 Å². The topological polar surface area (TPSA) is 121 Å². The molecule has 3 amide bonds. The van der Waals surface area contributed by atoms with Gasteiger partial charge in [0.15, 0.2) is 0 Å². The zero-order chi connectivity index (χ0) is 20.7. The Morgan fingerprint density at radius 3 is 2.46 bits per heavy atom. The summed E-state index contributed by atoms with van der Waals surface area (Å²) in [5, 5.41) is 6.13. The number of anilines is 1. The van der Waals surface area contributed by atoms with E-state index in [1.807, 2.05) is 13.8 Å². The first-order valence-corrected chi connectivity index (χ1v) is 9.54. The summed E-state index contributed by atoms with van der Waals surface area (Å²) >= 11 is 5.90. The van der Waals surface area contributed by atoms with Crippen molar-refractivity contribution in [1.82, 2.24) is 21.2 Å². The minimum absolute atomic E-state index is 0.00380. The van der Waals surface area contributed by atoms with E-state index in [-0.39, 0.29) is 34.6 Å². The molecule has 154 valence electrons. The molecular weight excluding hydrogens is 386 g/mol. The van der Waals surface area contributed by atoms with Crippen molar-refractivity contribution in [2.24, 2.45) is 5.92 Å². The molecule has 0 saturated heterocycles. The normalized spacial score (nSPS) is 18.9. The molecule has 28 heavy (non-hydrogen) atoms. The minimum atomic E-state index is -0.485. The number of halogens is 1. The maximum Gasteiger partial charge on any atom is 0.407 e. The van der Waals surface area contributed by atoms with Crippen LogP contribution in [0.3, 0.4) is 0 Å². The van der Waals surface area contributed by atoms with Gasteiger partial charge >= 0.3 is 6.09 Å². The van der Waals surface area contributed by atoms with E-state index in [2.05, 4.69) is 31.2 Å². The highest BCUT2D eigenvalue weighted by Gasteiger charge is 2.27. The van der Waals surface area contributed by atoms with Crippen LogP contribution in [0.4, 0.5) is 10.5 Å². The lowest BCUT2D eigenvalue weighted by Crippen LogP contribution is -2.46. The molecule has 0 bridgehead atoms. The highest BCUT2D eigenvalue weighted by molar-refractivity contribution is 6.29. The average Bonchev–Trinajstić information content (AvgIpc) is 2.66. The molecule has 1 saturated carbocycles. The quantitative estimate of drug-likeness (QED) is 0.435. The van der Waals surface area contributed by atoms with E-state index in [4.69, 9.17) is 11.6 Å². The second-order valence-corrected chi connectivity index (χ2v) is 7.37. The van der Waals surface area contributed by atoms with Crippen LogP contribution >= 0.6 is 11.6 Å². The van der Waals surface area contributed by atoms with Crippen LogP contribution in [-0.2, 0) is 9.53 Å². The lowest BCUT2D eigenvalue weighted by atomic mass is 9.85. The second kappa shape index (κ2) is 10.1. The van der Waals surface area contributed by atoms with E-state index in [0.29, 0.717) is 31.4 Å². The third-order valence-corrected chi connectivity index (χ3v) is 4.67. The Labute approximate surface area is 168 Å². The van der Waals surface area contributed by atoms with Crippen molar-refractivity contribution in [3.05, 3.63) is 23.0 Å². The lowest BCUT2D eigenvalue weighted by Gasteiger charge is -2.27. The maximum atomic E-state index is 12.4. The van der Waals surface area contributed by atoms with Gasteiger partial charge in [0, 0.05) is 24.2 Å². The summed E-state index contributed by atoms with van der Waals surface area (Å²) < 4.78 is 4.58. The van der Waals surface area contributed by atoms with Crippen molar-refractivity contribution in [2.45, 2.75) is 51.6 Å². The number of hydrogen-bond acceptors (Lipinski definition) is 6. The third kappa shape index (κ3) is 6.26. The van der Waals surface area contributed by atoms with E-state index in [0.717, 1.165) is 0 Å². The van der Waals surface area contributed by atoms with Crippen LogP contribution in [0.5, 0.6) is 0 Å². The fourth-order valence-electron chi connectivity index (χ4n) is 3.05. The molecule has 0 radical (unpaired) electrons. The van der Waals surface area contributed by atoms with Gasteiger partial charge < -0.3 is 15.4 Å². The minimum Gasteiger partial charge on any atom is -0.453 e. The number of hydrogen-bond donors (Lipinski definition) is 4. The monoisotopic (exact) mass is 411 g/mol. The molecule has 9 nitrogen and oxygen atoms in total. The zero-order valence-electron chi connectivity index (χ0n) is 16.2. The number of carbonyl (C=O) groups excluding carboxylic acids is 3. The molecule has 1 aromatic heterocycles. The average molecular weight is 412 g/mol. The van der Waals surface area contributed by atoms with Crippen LogP contribution in [0, 0.1) is 5.92 Å². The van der Waals surface area contributed by atoms with Gasteiger partial charge in [-0.1, -0.05) is 11.6 Å². The number of amides is 3. The van der Waals surface area contributed by atoms with Gasteiger partial charge in [0.1, 0.15) is 5.15 Å². The number of carbonyl (C=O) groups is 3. The van der Waals surface area contributed by atoms with Crippen LogP contribution in [0.25, 0.3) is 0 Å². The number of ether oxygens (including phenoxy) is 1. The lowest BCUT2D eigenvalue weighted by molar-refractivity contribution is -0.126. The Hall–Kier alpha value is -2.55. The second-order valence-electron chi connectivity index (χ2n) is 6.98. The predicted molar refractivity (Wildman–Crippen MR) is 105 cm³/mol. The predicted octanol–water partition coefficient (Wildman–Crippen LogP) is 2.23. The van der Waals surface area contributed by atoms with E-state index >= 15 is 0 Å². The van der Waals surface area contributed by atoms with E-state index in [9.17, 15) is 14.4 Å². The molecule has 1 heterocycles. The maximum absolute atomic E-state index is 12.4. The highest BCUT2D eigenvalue weighted by atomic mass is 35.5. The molecule has 0 aromatic carbocycles. The first-order valence-electron chi connectivity index (χ1n) is 9.17. The van der Waals surface area contributed by atoms with Gasteiger partial charge in [-0.05, 0) is 45.6 Å². The van der Waals surface area contributed by atoms with Crippen molar-refractivity contribution < 1.29 is 19.1 Å². The Balaban J connectivity index is 1.86. The van der Waals surface area contributed by atoms with Crippen molar-refractivity contribution in [1.29, 1.82) is 0 Å². The van der Waals surface area contributed by atoms with Crippen molar-refractivity contribution >= 4 is 35.2 Å². The molecule has 1 aliphatic carbocycles. The smallest absolute Gasteiger partial charge is 0.407 e. The molecule has 2 rings (SSSR count). The number of nitrogens with zero attached hydrogens (tertiary/aromatic N) is 1. The summed E-state index contributed by atoms with van der Waals surface area (Å²) in [7, 11) is 1.31. The zero-order valence-corrected chi connectivity index (χ0v) is 16.9. The third-order valence-electron chi connectivity index (χ3n) is 4.46. The number of pyridine rings is 1. The van der Waals surface area contributed by atoms with E-state index in [1.165, 1.54) is 13.3 Å². The first-order chi connectivity index (χ1) is 13.3. The molecular formula is C18H26ClN5O4. The van der Waals surface area contributed by atoms with Gasteiger partial charge in [0.25, 0.3) is 5.91 Å². The van der Waals surface area contributed by atoms with Gasteiger partial charge in [-0.2, -0.15) is 0 Å². The van der Waals surface area contributed by atoms with Crippen LogP contribution in [-0.4, -0.2) is 42.1 Å². The SMILES string of the molecule is COC(=O)NC1CCC(C(=O)NNC(=O)c2cnc(Cl)cc2NC(C)C)CC1. The molecule has 4 N–H and O–H groups in total. The summed E-state index contributed by atoms with van der Waals surface area (Å²) in [6, 6.07) is 1.65. The van der Waals surface area contributed by atoms with Crippen molar-refractivity contribution in [2.75, 3.05) is 12.4 Å². The Bertz CT molecular complexity index is 720. The summed E-state index contributed by atoms with van der Waals surface area (Å²) in [4.78, 5) is 40.0. The largest absolute Gasteiger partial charge is 0.453 e. The molecule has 10 heteroatoms. The fourth-order valence-corrected chi connectivity index (χ4v) is 3.21. The number of nitrogens with one attached hydrogen (secondary N) is 4. The van der Waals surface area contributed by atoms with Crippen molar-refractivity contribution in [3.8, 4) is 0 Å². The van der Waals surface area contributed by atoms with Crippen LogP contribution in [0.2, 0.25) is 5.15 Å². The van der Waals surface area contributed by atoms with Gasteiger partial charge in [-0.15, -0.1) is 0 Å². The fraction of sp³-hybridized carbons (Fsp3) is 0.556. The number of hydrazine groups is 1. The molecule has 1 aliphatic rings. The number of methoxy groups -OCH3 is 1. The Morgan fingerprint density at radius 1 is 1.18 bits per heavy atom. The van der Waals surface area contributed by atoms with Crippen LogP contribution in [0.1, 0.15) is 49.9 Å². The molecule has 0 unspecified atom stereocenters. The molecule has 1 fully saturated rings. The molecule has 1 aromatic rings. The highest BCUT2D eigenvalue weighted by Crippen LogP contribution is 2.24. The molecule has 0 spiro atoms. The Kier molecular flexibility index (Phi) is 7.86. The molecule has 0 atom stereocenters. The summed E-state index contributed by atoms with van der Waals surface area (Å²) in [5.74, 6) is -0.973. The summed E-state index contributed by atoms with van der Waals surface area (Å²) in [6.07, 6.45) is 3.45. The molecule has 0 aliphatic heterocycles. The van der Waals surface area contributed by atoms with Gasteiger partial charge in [0.05, 0.1) is 18.4 Å². The van der Waals surface area contributed by atoms with Crippen LogP contribution < -0.4 is 21.5 Å². The number of alkyl carbamates (subject to hydrolysis) is 1. The standard InChI is InChI=1S/C18H26ClN5O4/c1-10(2)21-14-8-15(19)20-9-13(14)17(26)24-23-16(25)11-4-6-12(7-5-11)22-18(27)28-3/h8-12H,4-7H2,1-3H3,(H,20,21)(H,22,27)(H,23,25)(H,24,26). The Morgan fingerprint density at radius 2 is 1.86 bits per heavy atom. The number of rotatable bonds is 5. The van der Waals surface area contributed by atoms with Gasteiger partial charge in [-0.25, -0.2) is 9.78 Å². The van der Waals surface area contributed by atoms with Gasteiger partial charge in [-0.3, -0.25) is 20.4 Å². The van der Waals surface area contributed by atoms with Crippen molar-refractivity contribution in [3.63, 3.8) is 0 Å². The van der Waals surface area contributed by atoms with E-state index in [1.54, 1.807) is 6.07 Å². The summed E-state index contributed by atoms with van der Waals surface area (Å²) in [6.45, 7) is 3.87. The first kappa shape index (κ1) is 21.7. The number of aromatic nitrogens is 1. The van der Waals surface area contributed by atoms with E-state index < -0.39 is 12.0 Å².